The van der Waals surface area contributed by atoms with Crippen molar-refractivity contribution >= 4 is 12.4 Å². The molecule has 0 bridgehead atoms. The van der Waals surface area contributed by atoms with E-state index in [4.69, 9.17) is 23.9 Å². The molecule has 24 heavy (non-hydrogen) atoms. The number of hydrogen-bond acceptors (Lipinski definition) is 8. The Morgan fingerprint density at radius 3 is 2.96 bits per heavy atom. The Kier molecular flexibility index (Phi) is 6.23. The molecule has 2 N–H and O–H groups in total. The summed E-state index contributed by atoms with van der Waals surface area (Å²) in [6, 6.07) is 0. The normalized spacial score (nSPS) is 25.8. The first-order chi connectivity index (χ1) is 11.6. The van der Waals surface area contributed by atoms with Crippen LogP contribution in [0.4, 0.5) is 0 Å². The van der Waals surface area contributed by atoms with E-state index in [0.29, 0.717) is 51.0 Å². The summed E-state index contributed by atoms with van der Waals surface area (Å²) in [6.45, 7) is 2.71. The maximum atomic E-state index is 11.6. The molecule has 134 valence electrons. The smallest absolute Gasteiger partial charge is 0.313 e. The molecule has 2 saturated heterocycles. The fourth-order valence-corrected chi connectivity index (χ4v) is 3.10. The van der Waals surface area contributed by atoms with Crippen LogP contribution in [0, 0.1) is 11.3 Å². The van der Waals surface area contributed by atoms with Crippen LogP contribution in [0.25, 0.3) is 0 Å². The molecule has 3 rings (SSSR count). The van der Waals surface area contributed by atoms with Crippen molar-refractivity contribution in [3.63, 3.8) is 0 Å². The zero-order valence-electron chi connectivity index (χ0n) is 13.4. The summed E-state index contributed by atoms with van der Waals surface area (Å²) in [7, 11) is 1.62. The van der Waals surface area contributed by atoms with Crippen LogP contribution in [-0.4, -0.2) is 77.7 Å². The van der Waals surface area contributed by atoms with Crippen molar-refractivity contribution in [3.8, 4) is 0 Å². The van der Waals surface area contributed by atoms with Gasteiger partial charge in [0.15, 0.2) is 5.82 Å². The average Bonchev–Trinajstić information content (AvgIpc) is 3.20. The Morgan fingerprint density at radius 2 is 2.33 bits per heavy atom. The molecule has 0 aliphatic carbocycles. The lowest BCUT2D eigenvalue weighted by molar-refractivity contribution is -0.149. The largest absolute Gasteiger partial charge is 0.483 e. The van der Waals surface area contributed by atoms with E-state index in [-0.39, 0.29) is 19.0 Å². The molecule has 1 aromatic heterocycles. The van der Waals surface area contributed by atoms with Gasteiger partial charge in [0.2, 0.25) is 5.89 Å². The number of fused-ring (bicyclic) bond motifs is 1. The molecule has 0 aromatic carbocycles. The number of aromatic nitrogens is 2. The van der Waals surface area contributed by atoms with Gasteiger partial charge in [-0.3, -0.25) is 14.5 Å². The van der Waals surface area contributed by atoms with E-state index in [9.17, 15) is 9.90 Å². The topological polar surface area (TPSA) is 135 Å². The van der Waals surface area contributed by atoms with Gasteiger partial charge in [0.05, 0.1) is 26.4 Å². The number of methoxy groups -OCH3 is 1. The Hall–Kier alpha value is -2.04. The molecule has 0 saturated carbocycles. The first-order valence-electron chi connectivity index (χ1n) is 7.47. The first-order valence-corrected chi connectivity index (χ1v) is 7.47. The monoisotopic (exact) mass is 343 g/mol. The van der Waals surface area contributed by atoms with Gasteiger partial charge in [-0.1, -0.05) is 5.16 Å². The summed E-state index contributed by atoms with van der Waals surface area (Å²) in [6.07, 6.45) is 0.607. The lowest BCUT2D eigenvalue weighted by Gasteiger charge is -2.21. The van der Waals surface area contributed by atoms with E-state index in [0.717, 1.165) is 0 Å². The Balaban J connectivity index is 0.000000647. The van der Waals surface area contributed by atoms with Crippen LogP contribution >= 0.6 is 0 Å². The Bertz CT molecular complexity index is 564. The van der Waals surface area contributed by atoms with Crippen LogP contribution in [0.15, 0.2) is 4.52 Å². The van der Waals surface area contributed by atoms with Crippen molar-refractivity contribution in [1.29, 1.82) is 0 Å². The maximum Gasteiger partial charge on any atom is 0.313 e. The number of hydrogen-bond donors (Lipinski definition) is 2. The van der Waals surface area contributed by atoms with Gasteiger partial charge in [0.25, 0.3) is 6.47 Å². The van der Waals surface area contributed by atoms with Crippen LogP contribution in [-0.2, 0) is 32.0 Å². The second kappa shape index (κ2) is 8.18. The van der Waals surface area contributed by atoms with Crippen molar-refractivity contribution in [1.82, 2.24) is 15.0 Å². The van der Waals surface area contributed by atoms with Crippen LogP contribution in [0.2, 0.25) is 0 Å². The summed E-state index contributed by atoms with van der Waals surface area (Å²) in [5.74, 6) is 0.384. The number of likely N-dealkylation sites (tertiary alicyclic amines) is 1. The van der Waals surface area contributed by atoms with Gasteiger partial charge in [-0.05, 0) is 0 Å². The summed E-state index contributed by atoms with van der Waals surface area (Å²) >= 11 is 0. The van der Waals surface area contributed by atoms with Crippen molar-refractivity contribution in [2.24, 2.45) is 11.3 Å². The van der Waals surface area contributed by atoms with E-state index in [1.807, 2.05) is 0 Å². The number of ether oxygens (including phenoxy) is 2. The lowest BCUT2D eigenvalue weighted by atomic mass is 9.81. The van der Waals surface area contributed by atoms with Gasteiger partial charge in [0, 0.05) is 32.5 Å². The molecule has 2 aliphatic rings. The molecule has 3 heterocycles. The van der Waals surface area contributed by atoms with E-state index < -0.39 is 11.4 Å². The van der Waals surface area contributed by atoms with Gasteiger partial charge in [-0.25, -0.2) is 0 Å². The third-order valence-electron chi connectivity index (χ3n) is 4.27. The van der Waals surface area contributed by atoms with E-state index in [1.165, 1.54) is 0 Å². The molecule has 2 fully saturated rings. The van der Waals surface area contributed by atoms with E-state index >= 15 is 0 Å². The summed E-state index contributed by atoms with van der Waals surface area (Å²) in [5, 5.41) is 20.3. The van der Waals surface area contributed by atoms with Crippen LogP contribution in [0.1, 0.15) is 11.7 Å². The fraction of sp³-hybridized carbons (Fsp3) is 0.714. The highest BCUT2D eigenvalue weighted by molar-refractivity contribution is 5.76. The van der Waals surface area contributed by atoms with E-state index in [1.54, 1.807) is 7.11 Å². The molecule has 2 atom stereocenters. The molecule has 10 nitrogen and oxygen atoms in total. The highest BCUT2D eigenvalue weighted by Gasteiger charge is 2.56. The number of nitrogens with zero attached hydrogens (tertiary/aromatic N) is 3. The van der Waals surface area contributed by atoms with E-state index in [2.05, 4.69) is 15.0 Å². The van der Waals surface area contributed by atoms with Crippen molar-refractivity contribution in [3.05, 3.63) is 11.7 Å². The Morgan fingerprint density at radius 1 is 1.58 bits per heavy atom. The van der Waals surface area contributed by atoms with Gasteiger partial charge in [-0.2, -0.15) is 4.98 Å². The predicted molar refractivity (Wildman–Crippen MR) is 78.2 cm³/mol. The molecule has 0 radical (unpaired) electrons. The van der Waals surface area contributed by atoms with Gasteiger partial charge in [0.1, 0.15) is 5.41 Å². The third kappa shape index (κ3) is 3.89. The minimum atomic E-state index is -0.779. The van der Waals surface area contributed by atoms with Gasteiger partial charge in [-0.15, -0.1) is 0 Å². The summed E-state index contributed by atoms with van der Waals surface area (Å²) < 4.78 is 15.5. The number of carboxylic acids is 1. The SMILES string of the molecule is COCCc1noc(CN2C[C@@H]3COC[C@]3(C(=O)O)C2)n1.O=CO. The molecule has 2 aliphatic heterocycles. The fourth-order valence-electron chi connectivity index (χ4n) is 3.10. The van der Waals surface area contributed by atoms with Gasteiger partial charge >= 0.3 is 5.97 Å². The predicted octanol–water partition coefficient (Wildman–Crippen LogP) is -0.508. The molecule has 1 aromatic rings. The van der Waals surface area contributed by atoms with Crippen LogP contribution < -0.4 is 0 Å². The maximum absolute atomic E-state index is 11.6. The Labute approximate surface area is 138 Å². The van der Waals surface area contributed by atoms with Crippen molar-refractivity contribution in [2.45, 2.75) is 13.0 Å². The zero-order chi connectivity index (χ0) is 17.6. The molecule has 0 spiro atoms. The third-order valence-corrected chi connectivity index (χ3v) is 4.27. The number of carboxylic acid groups (broad SMARTS) is 2. The summed E-state index contributed by atoms with van der Waals surface area (Å²) in [5.41, 5.74) is -0.779. The second-order valence-electron chi connectivity index (χ2n) is 5.80. The quantitative estimate of drug-likeness (QED) is 0.650. The molecule has 0 amide bonds. The minimum Gasteiger partial charge on any atom is -0.483 e. The molecule has 0 unspecified atom stereocenters. The van der Waals surface area contributed by atoms with Crippen molar-refractivity contribution in [2.75, 3.05) is 40.0 Å². The average molecular weight is 343 g/mol. The highest BCUT2D eigenvalue weighted by Crippen LogP contribution is 2.41. The van der Waals surface area contributed by atoms with Crippen LogP contribution in [0.3, 0.4) is 0 Å². The number of rotatable bonds is 6. The molecular weight excluding hydrogens is 322 g/mol. The van der Waals surface area contributed by atoms with Crippen LogP contribution in [0.5, 0.6) is 0 Å². The standard InChI is InChI=1S/C13H19N3O5.CH2O2/c1-19-3-2-10-14-11(21-15-10)5-16-4-9-6-20-8-13(9,7-16)12(17)18;2-1-3/h9H,2-8H2,1H3,(H,17,18);1H,(H,2,3)/t9-,13-;/m1./s1. The number of aliphatic carboxylic acids is 1. The summed E-state index contributed by atoms with van der Waals surface area (Å²) in [4.78, 5) is 26.3. The highest BCUT2D eigenvalue weighted by atomic mass is 16.5. The van der Waals surface area contributed by atoms with Gasteiger partial charge < -0.3 is 24.2 Å². The van der Waals surface area contributed by atoms with Crippen molar-refractivity contribution < 1.29 is 33.8 Å². The molecule has 10 heteroatoms. The first kappa shape index (κ1) is 18.3. The minimum absolute atomic E-state index is 0.0332. The lowest BCUT2D eigenvalue weighted by Crippen LogP contribution is -2.38. The zero-order valence-corrected chi connectivity index (χ0v) is 13.4. The molecular formula is C14H21N3O7. The number of carbonyl (C=O) groups is 2. The second-order valence-corrected chi connectivity index (χ2v) is 5.80.